The summed E-state index contributed by atoms with van der Waals surface area (Å²) in [5, 5.41) is 3.56. The maximum atomic E-state index is 12.0. The Hall–Kier alpha value is -1.26. The Kier molecular flexibility index (Phi) is 6.99. The standard InChI is InChI=1S/C16H23NO3.ClH/c1-4-9-17-12-6-7-13-11(10-12)5-8-14(19-2)15(13)16(18)20-3;/h5,8,12,17H,4,6-7,9-10H2,1-3H3;1H. The number of halogens is 1. The number of fused-ring (bicyclic) bond motifs is 1. The van der Waals surface area contributed by atoms with E-state index in [1.807, 2.05) is 6.07 Å². The number of hydrogen-bond acceptors (Lipinski definition) is 4. The molecular weight excluding hydrogens is 290 g/mol. The monoisotopic (exact) mass is 313 g/mol. The van der Waals surface area contributed by atoms with Crippen molar-refractivity contribution in [2.24, 2.45) is 0 Å². The first-order valence-electron chi connectivity index (χ1n) is 7.21. The number of carbonyl (C=O) groups excluding carboxylic acids is 1. The van der Waals surface area contributed by atoms with Crippen molar-refractivity contribution in [2.45, 2.75) is 38.6 Å². The molecule has 1 aliphatic rings. The molecule has 0 bridgehead atoms. The zero-order valence-corrected chi connectivity index (χ0v) is 13.7. The van der Waals surface area contributed by atoms with Crippen LogP contribution >= 0.6 is 12.4 Å². The van der Waals surface area contributed by atoms with E-state index in [1.165, 1.54) is 12.7 Å². The number of rotatable bonds is 5. The maximum absolute atomic E-state index is 12.0. The normalized spacial score (nSPS) is 16.6. The first-order valence-corrected chi connectivity index (χ1v) is 7.21. The minimum atomic E-state index is -0.307. The third-order valence-electron chi connectivity index (χ3n) is 3.87. The summed E-state index contributed by atoms with van der Waals surface area (Å²) in [5.74, 6) is 0.300. The highest BCUT2D eigenvalue weighted by atomic mass is 35.5. The minimum Gasteiger partial charge on any atom is -0.496 e. The topological polar surface area (TPSA) is 47.6 Å². The van der Waals surface area contributed by atoms with E-state index < -0.39 is 0 Å². The van der Waals surface area contributed by atoms with Gasteiger partial charge in [-0.1, -0.05) is 13.0 Å². The van der Waals surface area contributed by atoms with Crippen LogP contribution in [0.4, 0.5) is 0 Å². The lowest BCUT2D eigenvalue weighted by molar-refractivity contribution is 0.0595. The summed E-state index contributed by atoms with van der Waals surface area (Å²) in [6.45, 7) is 3.21. The van der Waals surface area contributed by atoms with Crippen LogP contribution in [0.1, 0.15) is 41.3 Å². The van der Waals surface area contributed by atoms with E-state index in [-0.39, 0.29) is 18.4 Å². The summed E-state index contributed by atoms with van der Waals surface area (Å²) >= 11 is 0. The predicted octanol–water partition coefficient (Wildman–Crippen LogP) is 2.76. The smallest absolute Gasteiger partial charge is 0.341 e. The van der Waals surface area contributed by atoms with Crippen molar-refractivity contribution in [2.75, 3.05) is 20.8 Å². The van der Waals surface area contributed by atoms with Crippen molar-refractivity contribution in [1.29, 1.82) is 0 Å². The second kappa shape index (κ2) is 8.25. The largest absolute Gasteiger partial charge is 0.496 e. The first kappa shape index (κ1) is 17.8. The molecule has 1 aromatic rings. The van der Waals surface area contributed by atoms with E-state index in [4.69, 9.17) is 9.47 Å². The van der Waals surface area contributed by atoms with Gasteiger partial charge in [0.2, 0.25) is 0 Å². The van der Waals surface area contributed by atoms with E-state index in [0.717, 1.165) is 37.8 Å². The molecule has 1 N–H and O–H groups in total. The number of nitrogens with one attached hydrogen (secondary N) is 1. The summed E-state index contributed by atoms with van der Waals surface area (Å²) in [4.78, 5) is 12.0. The molecular formula is C16H24ClNO3. The average Bonchev–Trinajstić information content (AvgIpc) is 2.50. The number of hydrogen-bond donors (Lipinski definition) is 1. The van der Waals surface area contributed by atoms with Crippen LogP contribution in [0.5, 0.6) is 5.75 Å². The number of ether oxygens (including phenoxy) is 2. The summed E-state index contributed by atoms with van der Waals surface area (Å²) in [6, 6.07) is 4.44. The summed E-state index contributed by atoms with van der Waals surface area (Å²) in [7, 11) is 3.00. The Morgan fingerprint density at radius 3 is 2.76 bits per heavy atom. The molecule has 21 heavy (non-hydrogen) atoms. The van der Waals surface area contributed by atoms with Gasteiger partial charge in [-0.05, 0) is 49.4 Å². The van der Waals surface area contributed by atoms with Gasteiger partial charge in [-0.2, -0.15) is 0 Å². The molecule has 0 heterocycles. The molecule has 0 radical (unpaired) electrons. The molecule has 0 fully saturated rings. The number of esters is 1. The highest BCUT2D eigenvalue weighted by Crippen LogP contribution is 2.31. The van der Waals surface area contributed by atoms with Gasteiger partial charge in [-0.15, -0.1) is 12.4 Å². The number of benzene rings is 1. The molecule has 1 unspecified atom stereocenters. The first-order chi connectivity index (χ1) is 9.71. The fourth-order valence-electron chi connectivity index (χ4n) is 2.85. The van der Waals surface area contributed by atoms with Crippen LogP contribution in [-0.2, 0) is 17.6 Å². The maximum Gasteiger partial charge on any atom is 0.341 e. The predicted molar refractivity (Wildman–Crippen MR) is 85.7 cm³/mol. The van der Waals surface area contributed by atoms with Crippen LogP contribution in [0.25, 0.3) is 0 Å². The fraction of sp³-hybridized carbons (Fsp3) is 0.562. The highest BCUT2D eigenvalue weighted by molar-refractivity contribution is 5.94. The minimum absolute atomic E-state index is 0. The highest BCUT2D eigenvalue weighted by Gasteiger charge is 2.26. The van der Waals surface area contributed by atoms with Gasteiger partial charge in [-0.3, -0.25) is 0 Å². The fourth-order valence-corrected chi connectivity index (χ4v) is 2.85. The van der Waals surface area contributed by atoms with Gasteiger partial charge >= 0.3 is 5.97 Å². The SMILES string of the molecule is CCCNC1CCc2c(ccc(OC)c2C(=O)OC)C1.Cl. The Morgan fingerprint density at radius 2 is 2.14 bits per heavy atom. The van der Waals surface area contributed by atoms with Crippen LogP contribution in [-0.4, -0.2) is 32.8 Å². The third kappa shape index (κ3) is 3.89. The zero-order valence-electron chi connectivity index (χ0n) is 12.9. The molecule has 0 saturated heterocycles. The van der Waals surface area contributed by atoms with Crippen LogP contribution in [0, 0.1) is 0 Å². The molecule has 1 aliphatic carbocycles. The van der Waals surface area contributed by atoms with Crippen molar-refractivity contribution in [3.05, 3.63) is 28.8 Å². The lowest BCUT2D eigenvalue weighted by Gasteiger charge is -2.27. The molecule has 0 amide bonds. The van der Waals surface area contributed by atoms with E-state index >= 15 is 0 Å². The Morgan fingerprint density at radius 1 is 1.38 bits per heavy atom. The zero-order chi connectivity index (χ0) is 14.5. The molecule has 118 valence electrons. The second-order valence-corrected chi connectivity index (χ2v) is 5.17. The van der Waals surface area contributed by atoms with Crippen molar-refractivity contribution in [3.63, 3.8) is 0 Å². The van der Waals surface area contributed by atoms with Crippen molar-refractivity contribution in [3.8, 4) is 5.75 Å². The lowest BCUT2D eigenvalue weighted by atomic mass is 9.85. The van der Waals surface area contributed by atoms with Gasteiger partial charge in [0.1, 0.15) is 11.3 Å². The van der Waals surface area contributed by atoms with Crippen LogP contribution in [0.2, 0.25) is 0 Å². The molecule has 0 spiro atoms. The summed E-state index contributed by atoms with van der Waals surface area (Å²) < 4.78 is 10.2. The summed E-state index contributed by atoms with van der Waals surface area (Å²) in [6.07, 6.45) is 4.03. The lowest BCUT2D eigenvalue weighted by Crippen LogP contribution is -2.35. The van der Waals surface area contributed by atoms with Gasteiger partial charge in [-0.25, -0.2) is 4.79 Å². The van der Waals surface area contributed by atoms with Gasteiger partial charge in [0.15, 0.2) is 0 Å². The van der Waals surface area contributed by atoms with Crippen molar-refractivity contribution in [1.82, 2.24) is 5.32 Å². The molecule has 1 aromatic carbocycles. The Bertz CT molecular complexity index is 491. The molecule has 5 heteroatoms. The Labute approximate surface area is 132 Å². The van der Waals surface area contributed by atoms with Gasteiger partial charge in [0.05, 0.1) is 14.2 Å². The third-order valence-corrected chi connectivity index (χ3v) is 3.87. The van der Waals surface area contributed by atoms with E-state index in [0.29, 0.717) is 17.4 Å². The number of carbonyl (C=O) groups is 1. The van der Waals surface area contributed by atoms with Gasteiger partial charge in [0.25, 0.3) is 0 Å². The molecule has 1 atom stereocenters. The van der Waals surface area contributed by atoms with Crippen molar-refractivity contribution < 1.29 is 14.3 Å². The van der Waals surface area contributed by atoms with Crippen LogP contribution in [0.3, 0.4) is 0 Å². The van der Waals surface area contributed by atoms with E-state index in [2.05, 4.69) is 18.3 Å². The van der Waals surface area contributed by atoms with Gasteiger partial charge in [0, 0.05) is 6.04 Å². The molecule has 0 aliphatic heterocycles. The van der Waals surface area contributed by atoms with E-state index in [9.17, 15) is 4.79 Å². The van der Waals surface area contributed by atoms with Gasteiger partial charge < -0.3 is 14.8 Å². The molecule has 0 aromatic heterocycles. The number of methoxy groups -OCH3 is 2. The quantitative estimate of drug-likeness (QED) is 0.849. The van der Waals surface area contributed by atoms with Crippen molar-refractivity contribution >= 4 is 18.4 Å². The molecule has 2 rings (SSSR count). The average molecular weight is 314 g/mol. The second-order valence-electron chi connectivity index (χ2n) is 5.17. The Balaban J connectivity index is 0.00000220. The van der Waals surface area contributed by atoms with E-state index in [1.54, 1.807) is 7.11 Å². The van der Waals surface area contributed by atoms with Crippen LogP contribution in [0.15, 0.2) is 12.1 Å². The molecule has 4 nitrogen and oxygen atoms in total. The molecule has 0 saturated carbocycles. The summed E-state index contributed by atoms with van der Waals surface area (Å²) in [5.41, 5.74) is 2.92. The van der Waals surface area contributed by atoms with Crippen LogP contribution < -0.4 is 10.1 Å².